The Hall–Kier alpha value is -2.92. The number of methoxy groups -OCH3 is 1. The van der Waals surface area contributed by atoms with Gasteiger partial charge in [-0.2, -0.15) is 19.1 Å². The lowest BCUT2D eigenvalue weighted by atomic mass is 10.0. The molecule has 7 nitrogen and oxygen atoms in total. The summed E-state index contributed by atoms with van der Waals surface area (Å²) in [5.41, 5.74) is 0.886. The Labute approximate surface area is 186 Å². The maximum absolute atomic E-state index is 13.0. The van der Waals surface area contributed by atoms with Crippen LogP contribution in [0.3, 0.4) is 0 Å². The quantitative estimate of drug-likeness (QED) is 0.340. The SMILES string of the molecule is C=C(C)/C=C\ON.CNc1ccccc1N(C)S(=O)(=O)C1=C(OC)CCC(C(F)(F)F)=C1. The van der Waals surface area contributed by atoms with Crippen LogP contribution in [-0.2, 0) is 19.6 Å². The molecule has 3 N–H and O–H groups in total. The topological polar surface area (TPSA) is 93.9 Å². The third-order valence-electron chi connectivity index (χ3n) is 4.39. The second kappa shape index (κ2) is 11.6. The zero-order valence-corrected chi connectivity index (χ0v) is 19.2. The van der Waals surface area contributed by atoms with Crippen LogP contribution in [0.25, 0.3) is 0 Å². The van der Waals surface area contributed by atoms with E-state index in [1.807, 2.05) is 6.92 Å². The first-order chi connectivity index (χ1) is 14.9. The number of sulfonamides is 1. The smallest absolute Gasteiger partial charge is 0.412 e. The summed E-state index contributed by atoms with van der Waals surface area (Å²) in [4.78, 5) is 3.64. The van der Waals surface area contributed by atoms with Crippen molar-refractivity contribution < 1.29 is 31.2 Å². The molecule has 0 saturated carbocycles. The summed E-state index contributed by atoms with van der Waals surface area (Å²) in [5.74, 6) is 4.66. The maximum atomic E-state index is 13.0. The number of ether oxygens (including phenoxy) is 1. The molecule has 1 aromatic rings. The lowest BCUT2D eigenvalue weighted by molar-refractivity contribution is -0.0944. The Morgan fingerprint density at radius 3 is 2.38 bits per heavy atom. The predicted octanol–water partition coefficient (Wildman–Crippen LogP) is 4.60. The van der Waals surface area contributed by atoms with Crippen molar-refractivity contribution in [2.45, 2.75) is 25.9 Å². The van der Waals surface area contributed by atoms with E-state index in [2.05, 4.69) is 22.6 Å². The Morgan fingerprint density at radius 1 is 1.28 bits per heavy atom. The summed E-state index contributed by atoms with van der Waals surface area (Å²) in [6.07, 6.45) is -1.31. The van der Waals surface area contributed by atoms with Crippen molar-refractivity contribution in [3.05, 3.63) is 71.1 Å². The number of nitrogens with two attached hydrogens (primary N) is 1. The lowest BCUT2D eigenvalue weighted by Crippen LogP contribution is -2.30. The van der Waals surface area contributed by atoms with Crippen LogP contribution in [0.15, 0.2) is 71.1 Å². The predicted molar refractivity (Wildman–Crippen MR) is 120 cm³/mol. The van der Waals surface area contributed by atoms with E-state index < -0.39 is 26.7 Å². The summed E-state index contributed by atoms with van der Waals surface area (Å²) in [6, 6.07) is 6.60. The Morgan fingerprint density at radius 2 is 1.91 bits per heavy atom. The minimum Gasteiger partial charge on any atom is -0.500 e. The fourth-order valence-corrected chi connectivity index (χ4v) is 4.20. The van der Waals surface area contributed by atoms with Crippen LogP contribution in [0.4, 0.5) is 24.5 Å². The number of allylic oxidation sites excluding steroid dienone is 5. The molecule has 0 saturated heterocycles. The first-order valence-electron chi connectivity index (χ1n) is 9.38. The van der Waals surface area contributed by atoms with Gasteiger partial charge in [0.05, 0.1) is 18.5 Å². The molecule has 0 atom stereocenters. The van der Waals surface area contributed by atoms with Gasteiger partial charge in [0.1, 0.15) is 16.9 Å². The van der Waals surface area contributed by atoms with Gasteiger partial charge in [0.2, 0.25) is 0 Å². The van der Waals surface area contributed by atoms with Crippen LogP contribution >= 0.6 is 0 Å². The molecule has 2 rings (SSSR count). The number of halogens is 3. The standard InChI is InChI=1S/C16H19F3N2O3S.C5H9NO/c1-20-12-6-4-5-7-13(12)21(2)25(22,23)15-10-11(16(17,18)19)8-9-14(15)24-3;1-5(2)3-4-7-6/h4-7,10,20H,8-9H2,1-3H3;3-4H,1,6H2,2H3/b;4-3-. The van der Waals surface area contributed by atoms with Crippen LogP contribution in [0, 0.1) is 0 Å². The lowest BCUT2D eigenvalue weighted by Gasteiger charge is -2.26. The molecule has 11 heteroatoms. The second-order valence-electron chi connectivity index (χ2n) is 6.68. The Bertz CT molecular complexity index is 1000. The van der Waals surface area contributed by atoms with Gasteiger partial charge in [-0.25, -0.2) is 8.42 Å². The number of rotatable bonds is 7. The Balaban J connectivity index is 0.000000633. The Kier molecular flexibility index (Phi) is 9.85. The average molecular weight is 476 g/mol. The normalized spacial score (nSPS) is 14.3. The molecular weight excluding hydrogens is 447 g/mol. The van der Waals surface area contributed by atoms with Crippen molar-refractivity contribution in [2.24, 2.45) is 5.90 Å². The fraction of sp³-hybridized carbons (Fsp3) is 0.333. The molecule has 0 heterocycles. The fourth-order valence-electron chi connectivity index (χ4n) is 2.72. The van der Waals surface area contributed by atoms with Crippen LogP contribution in [-0.4, -0.2) is 35.8 Å². The van der Waals surface area contributed by atoms with E-state index in [1.165, 1.54) is 20.4 Å². The number of nitrogens with one attached hydrogen (secondary N) is 1. The zero-order valence-electron chi connectivity index (χ0n) is 18.4. The van der Waals surface area contributed by atoms with Gasteiger partial charge in [-0.1, -0.05) is 24.3 Å². The molecule has 0 unspecified atom stereocenters. The molecule has 0 spiro atoms. The summed E-state index contributed by atoms with van der Waals surface area (Å²) in [7, 11) is -0.0622. The third kappa shape index (κ3) is 7.06. The molecule has 0 aliphatic heterocycles. The van der Waals surface area contributed by atoms with E-state index in [0.29, 0.717) is 17.5 Å². The summed E-state index contributed by atoms with van der Waals surface area (Å²) in [5, 5.41) is 2.86. The van der Waals surface area contributed by atoms with Gasteiger partial charge in [0.15, 0.2) is 0 Å². The van der Waals surface area contributed by atoms with Gasteiger partial charge in [0, 0.05) is 26.1 Å². The summed E-state index contributed by atoms with van der Waals surface area (Å²) < 4.78 is 71.0. The van der Waals surface area contributed by atoms with E-state index in [9.17, 15) is 21.6 Å². The number of alkyl halides is 3. The summed E-state index contributed by atoms with van der Waals surface area (Å²) in [6.45, 7) is 5.43. The van der Waals surface area contributed by atoms with Gasteiger partial charge >= 0.3 is 6.18 Å². The number of benzene rings is 1. The van der Waals surface area contributed by atoms with Crippen molar-refractivity contribution in [3.63, 3.8) is 0 Å². The van der Waals surface area contributed by atoms with E-state index >= 15 is 0 Å². The van der Waals surface area contributed by atoms with Gasteiger partial charge in [-0.15, -0.1) is 0 Å². The highest BCUT2D eigenvalue weighted by atomic mass is 32.2. The van der Waals surface area contributed by atoms with Crippen LogP contribution in [0.1, 0.15) is 19.8 Å². The third-order valence-corrected chi connectivity index (χ3v) is 6.21. The molecule has 1 aromatic carbocycles. The molecule has 1 aliphatic carbocycles. The van der Waals surface area contributed by atoms with Gasteiger partial charge in [-0.3, -0.25) is 4.31 Å². The molecule has 0 fully saturated rings. The molecular formula is C21H28F3N3O4S. The van der Waals surface area contributed by atoms with Crippen LogP contribution in [0.5, 0.6) is 0 Å². The second-order valence-corrected chi connectivity index (χ2v) is 8.62. The monoisotopic (exact) mass is 475 g/mol. The minimum absolute atomic E-state index is 0.0155. The number of hydrogen-bond donors (Lipinski definition) is 2. The molecule has 1 aliphatic rings. The largest absolute Gasteiger partial charge is 0.500 e. The van der Waals surface area contributed by atoms with Crippen LogP contribution in [0.2, 0.25) is 0 Å². The van der Waals surface area contributed by atoms with Crippen molar-refractivity contribution in [1.29, 1.82) is 0 Å². The van der Waals surface area contributed by atoms with E-state index in [4.69, 9.17) is 4.74 Å². The molecule has 32 heavy (non-hydrogen) atoms. The van der Waals surface area contributed by atoms with Gasteiger partial charge in [-0.05, 0) is 37.6 Å². The van der Waals surface area contributed by atoms with Gasteiger partial charge in [0.25, 0.3) is 10.0 Å². The molecule has 178 valence electrons. The van der Waals surface area contributed by atoms with Gasteiger partial charge < -0.3 is 14.9 Å². The number of hydrogen-bond acceptors (Lipinski definition) is 6. The minimum atomic E-state index is -4.58. The zero-order chi connectivity index (χ0) is 24.5. The van der Waals surface area contributed by atoms with E-state index in [1.54, 1.807) is 37.4 Å². The number of nitrogens with zero attached hydrogens (tertiary/aromatic N) is 1. The van der Waals surface area contributed by atoms with E-state index in [0.717, 1.165) is 9.88 Å². The number of anilines is 2. The molecule has 0 bridgehead atoms. The first-order valence-corrected chi connectivity index (χ1v) is 10.8. The van der Waals surface area contributed by atoms with E-state index in [-0.39, 0.29) is 18.6 Å². The van der Waals surface area contributed by atoms with Crippen molar-refractivity contribution in [1.82, 2.24) is 0 Å². The van der Waals surface area contributed by atoms with Crippen molar-refractivity contribution in [2.75, 3.05) is 30.8 Å². The maximum Gasteiger partial charge on any atom is 0.412 e. The van der Waals surface area contributed by atoms with Crippen LogP contribution < -0.4 is 15.5 Å². The summed E-state index contributed by atoms with van der Waals surface area (Å²) >= 11 is 0. The first kappa shape index (κ1) is 27.1. The average Bonchev–Trinajstić information content (AvgIpc) is 2.76. The number of para-hydroxylation sites is 2. The molecule has 0 radical (unpaired) electrons. The molecule has 0 amide bonds. The van der Waals surface area contributed by atoms with Crippen molar-refractivity contribution >= 4 is 21.4 Å². The highest BCUT2D eigenvalue weighted by molar-refractivity contribution is 7.96. The molecule has 0 aromatic heterocycles. The van der Waals surface area contributed by atoms with Crippen molar-refractivity contribution in [3.8, 4) is 0 Å². The highest BCUT2D eigenvalue weighted by Crippen LogP contribution is 2.39. The highest BCUT2D eigenvalue weighted by Gasteiger charge is 2.39.